The first-order chi connectivity index (χ1) is 29.0. The first-order valence-electron chi connectivity index (χ1n) is 20.8. The van der Waals surface area contributed by atoms with Crippen LogP contribution >= 0.6 is 0 Å². The first-order valence-corrected chi connectivity index (χ1v) is 20.8. The maximum atomic E-state index is 2.50. The van der Waals surface area contributed by atoms with Crippen molar-refractivity contribution in [3.63, 3.8) is 0 Å². The molecule has 3 aliphatic rings. The minimum absolute atomic E-state index is 0.127. The maximum absolute atomic E-state index is 2.50. The lowest BCUT2D eigenvalue weighted by Crippen LogP contribution is -2.26. The summed E-state index contributed by atoms with van der Waals surface area (Å²) in [6, 6.07) is 79.2. The summed E-state index contributed by atoms with van der Waals surface area (Å²) in [5.41, 5.74) is 23.8. The molecule has 0 amide bonds. The Hall–Kier alpha value is -7.22. The Bertz CT molecular complexity index is 3140. The smallest absolute Gasteiger partial charge is 0.0725 e. The minimum Gasteiger partial charge on any atom is -0.310 e. The normalized spacial score (nSPS) is 15.8. The molecule has 1 unspecified atom stereocenters. The van der Waals surface area contributed by atoms with Gasteiger partial charge in [-0.15, -0.1) is 0 Å². The van der Waals surface area contributed by atoms with Gasteiger partial charge in [-0.1, -0.05) is 196 Å². The van der Waals surface area contributed by atoms with E-state index < -0.39 is 5.41 Å². The van der Waals surface area contributed by atoms with Crippen LogP contribution in [0.15, 0.2) is 212 Å². The monoisotopic (exact) mass is 751 g/mol. The van der Waals surface area contributed by atoms with Gasteiger partial charge in [0.25, 0.3) is 0 Å². The van der Waals surface area contributed by atoms with Gasteiger partial charge in [-0.25, -0.2) is 0 Å². The van der Waals surface area contributed by atoms with Crippen LogP contribution in [0.25, 0.3) is 55.6 Å². The van der Waals surface area contributed by atoms with Crippen molar-refractivity contribution in [1.82, 2.24) is 0 Å². The first kappa shape index (κ1) is 33.9. The molecular formula is C58H41N. The third kappa shape index (κ3) is 4.67. The van der Waals surface area contributed by atoms with Crippen LogP contribution in [-0.2, 0) is 10.8 Å². The molecule has 3 aliphatic carbocycles. The Labute approximate surface area is 346 Å². The fourth-order valence-corrected chi connectivity index (χ4v) is 11.0. The van der Waals surface area contributed by atoms with E-state index in [9.17, 15) is 0 Å². The highest BCUT2D eigenvalue weighted by molar-refractivity contribution is 6.01. The van der Waals surface area contributed by atoms with E-state index in [2.05, 4.69) is 231 Å². The molecule has 0 saturated heterocycles. The van der Waals surface area contributed by atoms with Crippen LogP contribution in [0.4, 0.5) is 17.1 Å². The third-order valence-corrected chi connectivity index (χ3v) is 13.5. The quantitative estimate of drug-likeness (QED) is 0.169. The summed E-state index contributed by atoms with van der Waals surface area (Å²) in [5.74, 6) is 0. The number of nitrogens with zero attached hydrogens (tertiary/aromatic N) is 1. The molecule has 12 rings (SSSR count). The van der Waals surface area contributed by atoms with Crippen molar-refractivity contribution in [3.05, 3.63) is 246 Å². The number of rotatable bonds is 5. The highest BCUT2D eigenvalue weighted by Gasteiger charge is 2.52. The fraction of sp³-hybridized carbons (Fsp3) is 0.0690. The van der Waals surface area contributed by atoms with Gasteiger partial charge in [-0.3, -0.25) is 0 Å². The van der Waals surface area contributed by atoms with Gasteiger partial charge < -0.3 is 4.90 Å². The van der Waals surface area contributed by atoms with Crippen molar-refractivity contribution >= 4 is 17.1 Å². The summed E-state index contributed by atoms with van der Waals surface area (Å²) in [4.78, 5) is 2.50. The van der Waals surface area contributed by atoms with Crippen LogP contribution in [-0.4, -0.2) is 0 Å². The zero-order valence-electron chi connectivity index (χ0n) is 33.2. The lowest BCUT2D eigenvalue weighted by Gasteiger charge is -2.32. The van der Waals surface area contributed by atoms with Gasteiger partial charge in [0.1, 0.15) is 0 Å². The number of hydrogen-bond donors (Lipinski definition) is 0. The van der Waals surface area contributed by atoms with Crippen LogP contribution < -0.4 is 4.90 Å². The van der Waals surface area contributed by atoms with Crippen molar-refractivity contribution in [2.24, 2.45) is 0 Å². The van der Waals surface area contributed by atoms with E-state index in [1.165, 1.54) is 89.0 Å². The van der Waals surface area contributed by atoms with Gasteiger partial charge in [0.2, 0.25) is 0 Å². The number of hydrogen-bond acceptors (Lipinski definition) is 1. The third-order valence-electron chi connectivity index (χ3n) is 13.5. The summed E-state index contributed by atoms with van der Waals surface area (Å²) in [6.07, 6.45) is 0. The van der Waals surface area contributed by atoms with Crippen LogP contribution in [0.3, 0.4) is 0 Å². The summed E-state index contributed by atoms with van der Waals surface area (Å²) in [5, 5.41) is 0. The van der Waals surface area contributed by atoms with Crippen molar-refractivity contribution in [1.29, 1.82) is 0 Å². The molecule has 9 aromatic rings. The number of anilines is 3. The standard InChI is InChI=1S/C58H41N/c1-57(2)49-27-13-9-23-44(49)46-34-32-41(37-54(46)57)59(55-31-16-12-22-42(55)38-18-5-3-6-19-38)40-33-35-52-48(36-40)45-24-10-14-28-50(45)58(52)51-29-15-11-25-47(51)56-43(26-17-30-53(56)58)39-20-7-4-8-21-39/h3-37H,1-2H3. The topological polar surface area (TPSA) is 3.24 Å². The fourth-order valence-electron chi connectivity index (χ4n) is 11.0. The summed E-state index contributed by atoms with van der Waals surface area (Å²) < 4.78 is 0. The Morgan fingerprint density at radius 1 is 0.305 bits per heavy atom. The molecule has 0 aliphatic heterocycles. The Balaban J connectivity index is 1.11. The molecule has 0 bridgehead atoms. The highest BCUT2D eigenvalue weighted by atomic mass is 15.1. The molecule has 1 atom stereocenters. The molecular weight excluding hydrogens is 711 g/mol. The molecule has 0 saturated carbocycles. The molecule has 278 valence electrons. The lowest BCUT2D eigenvalue weighted by atomic mass is 9.70. The Morgan fingerprint density at radius 3 is 1.51 bits per heavy atom. The van der Waals surface area contributed by atoms with Gasteiger partial charge in [-0.05, 0) is 114 Å². The summed E-state index contributed by atoms with van der Waals surface area (Å²) >= 11 is 0. The largest absolute Gasteiger partial charge is 0.310 e. The van der Waals surface area contributed by atoms with Gasteiger partial charge in [0, 0.05) is 22.4 Å². The van der Waals surface area contributed by atoms with Crippen molar-refractivity contribution in [3.8, 4) is 55.6 Å². The second-order valence-electron chi connectivity index (χ2n) is 16.8. The van der Waals surface area contributed by atoms with Crippen LogP contribution in [0.5, 0.6) is 0 Å². The average molecular weight is 752 g/mol. The predicted octanol–water partition coefficient (Wildman–Crippen LogP) is 15.1. The molecule has 0 aromatic heterocycles. The van der Waals surface area contributed by atoms with E-state index in [4.69, 9.17) is 0 Å². The maximum Gasteiger partial charge on any atom is 0.0725 e. The zero-order valence-corrected chi connectivity index (χ0v) is 33.2. The molecule has 0 heterocycles. The molecule has 0 radical (unpaired) electrons. The zero-order chi connectivity index (χ0) is 39.3. The Morgan fingerprint density at radius 2 is 0.780 bits per heavy atom. The van der Waals surface area contributed by atoms with Gasteiger partial charge in [0.05, 0.1) is 11.1 Å². The van der Waals surface area contributed by atoms with Crippen molar-refractivity contribution in [2.75, 3.05) is 4.90 Å². The second kappa shape index (κ2) is 12.6. The van der Waals surface area contributed by atoms with Gasteiger partial charge in [0.15, 0.2) is 0 Å². The highest BCUT2D eigenvalue weighted by Crippen LogP contribution is 2.64. The molecule has 1 heteroatoms. The van der Waals surface area contributed by atoms with Crippen LogP contribution in [0.2, 0.25) is 0 Å². The van der Waals surface area contributed by atoms with Crippen molar-refractivity contribution in [2.45, 2.75) is 24.7 Å². The molecule has 59 heavy (non-hydrogen) atoms. The number of para-hydroxylation sites is 1. The van der Waals surface area contributed by atoms with E-state index in [1.807, 2.05) is 0 Å². The van der Waals surface area contributed by atoms with E-state index in [0.717, 1.165) is 17.1 Å². The van der Waals surface area contributed by atoms with Crippen LogP contribution in [0.1, 0.15) is 47.2 Å². The number of benzene rings is 9. The lowest BCUT2D eigenvalue weighted by molar-refractivity contribution is 0.660. The van der Waals surface area contributed by atoms with Gasteiger partial charge in [-0.2, -0.15) is 0 Å². The molecule has 0 N–H and O–H groups in total. The van der Waals surface area contributed by atoms with Crippen molar-refractivity contribution < 1.29 is 0 Å². The molecule has 0 fully saturated rings. The SMILES string of the molecule is CC1(C)c2ccccc2-c2ccc(N(c3ccc4c(c3)-c3ccccc3C43c4ccccc4-c4c(-c5ccccc5)cccc43)c3ccccc3-c3ccccc3)cc21. The van der Waals surface area contributed by atoms with E-state index in [1.54, 1.807) is 0 Å². The van der Waals surface area contributed by atoms with E-state index in [0.29, 0.717) is 0 Å². The second-order valence-corrected chi connectivity index (χ2v) is 16.8. The molecule has 1 nitrogen and oxygen atoms in total. The predicted molar refractivity (Wildman–Crippen MR) is 246 cm³/mol. The summed E-state index contributed by atoms with van der Waals surface area (Å²) in [6.45, 7) is 4.74. The summed E-state index contributed by atoms with van der Waals surface area (Å²) in [7, 11) is 0. The van der Waals surface area contributed by atoms with Crippen LogP contribution in [0, 0.1) is 0 Å². The minimum atomic E-state index is -0.447. The molecule has 1 spiro atoms. The van der Waals surface area contributed by atoms with E-state index in [-0.39, 0.29) is 5.41 Å². The van der Waals surface area contributed by atoms with Gasteiger partial charge >= 0.3 is 0 Å². The Kier molecular flexibility index (Phi) is 7.26. The average Bonchev–Trinajstić information content (AvgIpc) is 3.85. The number of fused-ring (bicyclic) bond motifs is 13. The molecule has 9 aromatic carbocycles. The van der Waals surface area contributed by atoms with E-state index >= 15 is 0 Å².